The third-order valence-electron chi connectivity index (χ3n) is 3.43. The van der Waals surface area contributed by atoms with Gasteiger partial charge in [0.25, 0.3) is 5.91 Å². The van der Waals surface area contributed by atoms with Crippen LogP contribution in [0.25, 0.3) is 10.6 Å². The number of thiazole rings is 1. The molecule has 0 unspecified atom stereocenters. The lowest BCUT2D eigenvalue weighted by Crippen LogP contribution is -2.22. The van der Waals surface area contributed by atoms with Gasteiger partial charge in [-0.1, -0.05) is 15.9 Å². The number of nitrogens with one attached hydrogen (secondary N) is 1. The SMILES string of the molecule is COc1ccc(-c2nc(CNC(=O)c3ccc(Br)cc3)cs2)cc1. The number of carbonyl (C=O) groups excluding carboxylic acids is 1. The zero-order valence-electron chi connectivity index (χ0n) is 13.0. The molecule has 0 spiro atoms. The molecule has 1 heterocycles. The lowest BCUT2D eigenvalue weighted by molar-refractivity contribution is 0.0950. The van der Waals surface area contributed by atoms with Gasteiger partial charge in [-0.05, 0) is 48.5 Å². The van der Waals surface area contributed by atoms with Crippen molar-refractivity contribution in [3.05, 3.63) is 69.6 Å². The Morgan fingerprint density at radius 1 is 1.17 bits per heavy atom. The molecule has 0 atom stereocenters. The van der Waals surface area contributed by atoms with E-state index in [1.165, 1.54) is 0 Å². The van der Waals surface area contributed by atoms with Gasteiger partial charge in [-0.3, -0.25) is 4.79 Å². The maximum Gasteiger partial charge on any atom is 0.251 e. The smallest absolute Gasteiger partial charge is 0.251 e. The van der Waals surface area contributed by atoms with E-state index < -0.39 is 0 Å². The molecule has 3 rings (SSSR count). The van der Waals surface area contributed by atoms with Gasteiger partial charge >= 0.3 is 0 Å². The van der Waals surface area contributed by atoms with Crippen molar-refractivity contribution in [1.29, 1.82) is 0 Å². The molecular formula is C18H15BrN2O2S. The largest absolute Gasteiger partial charge is 0.497 e. The van der Waals surface area contributed by atoms with E-state index in [2.05, 4.69) is 26.2 Å². The number of carbonyl (C=O) groups is 1. The lowest BCUT2D eigenvalue weighted by atomic mass is 10.2. The van der Waals surface area contributed by atoms with Crippen molar-refractivity contribution in [3.8, 4) is 16.3 Å². The minimum Gasteiger partial charge on any atom is -0.497 e. The Morgan fingerprint density at radius 2 is 1.88 bits per heavy atom. The summed E-state index contributed by atoms with van der Waals surface area (Å²) in [5.74, 6) is 0.707. The van der Waals surface area contributed by atoms with E-state index in [-0.39, 0.29) is 5.91 Å². The summed E-state index contributed by atoms with van der Waals surface area (Å²) < 4.78 is 6.10. The molecule has 0 bridgehead atoms. The average molecular weight is 403 g/mol. The Morgan fingerprint density at radius 3 is 2.54 bits per heavy atom. The Balaban J connectivity index is 1.63. The summed E-state index contributed by atoms with van der Waals surface area (Å²) in [6.45, 7) is 0.404. The van der Waals surface area contributed by atoms with Gasteiger partial charge in [0.15, 0.2) is 0 Å². The van der Waals surface area contributed by atoms with E-state index in [4.69, 9.17) is 4.74 Å². The summed E-state index contributed by atoms with van der Waals surface area (Å²) in [7, 11) is 1.64. The molecule has 1 aromatic heterocycles. The van der Waals surface area contributed by atoms with Crippen LogP contribution in [0.5, 0.6) is 5.75 Å². The van der Waals surface area contributed by atoms with Gasteiger partial charge in [0, 0.05) is 21.0 Å². The van der Waals surface area contributed by atoms with Crippen LogP contribution in [0.3, 0.4) is 0 Å². The molecule has 0 aliphatic heterocycles. The highest BCUT2D eigenvalue weighted by Gasteiger charge is 2.08. The second-order valence-electron chi connectivity index (χ2n) is 5.06. The molecule has 1 N–H and O–H groups in total. The van der Waals surface area contributed by atoms with E-state index in [0.717, 1.165) is 26.5 Å². The maximum atomic E-state index is 12.1. The second kappa shape index (κ2) is 7.59. The van der Waals surface area contributed by atoms with Crippen LogP contribution < -0.4 is 10.1 Å². The van der Waals surface area contributed by atoms with Crippen molar-refractivity contribution in [2.24, 2.45) is 0 Å². The summed E-state index contributed by atoms with van der Waals surface area (Å²) in [6.07, 6.45) is 0. The second-order valence-corrected chi connectivity index (χ2v) is 6.84. The number of methoxy groups -OCH3 is 1. The number of amides is 1. The monoisotopic (exact) mass is 402 g/mol. The number of nitrogens with zero attached hydrogens (tertiary/aromatic N) is 1. The van der Waals surface area contributed by atoms with Crippen LogP contribution in [0.2, 0.25) is 0 Å². The Labute approximate surface area is 152 Å². The van der Waals surface area contributed by atoms with E-state index in [9.17, 15) is 4.79 Å². The van der Waals surface area contributed by atoms with Gasteiger partial charge in [0.1, 0.15) is 10.8 Å². The lowest BCUT2D eigenvalue weighted by Gasteiger charge is -2.03. The quantitative estimate of drug-likeness (QED) is 0.682. The molecule has 24 heavy (non-hydrogen) atoms. The highest BCUT2D eigenvalue weighted by molar-refractivity contribution is 9.10. The Hall–Kier alpha value is -2.18. The molecule has 3 aromatic rings. The minimum absolute atomic E-state index is 0.110. The first kappa shape index (κ1) is 16.7. The van der Waals surface area contributed by atoms with Crippen molar-refractivity contribution in [1.82, 2.24) is 10.3 Å². The molecule has 0 radical (unpaired) electrons. The van der Waals surface area contributed by atoms with Crippen LogP contribution in [-0.2, 0) is 6.54 Å². The van der Waals surface area contributed by atoms with Crippen molar-refractivity contribution in [2.75, 3.05) is 7.11 Å². The number of benzene rings is 2. The molecule has 0 saturated heterocycles. The van der Waals surface area contributed by atoms with Gasteiger partial charge in [0.2, 0.25) is 0 Å². The van der Waals surface area contributed by atoms with Gasteiger partial charge in [-0.25, -0.2) is 4.98 Å². The predicted octanol–water partition coefficient (Wildman–Crippen LogP) is 4.51. The molecule has 2 aromatic carbocycles. The molecule has 1 amide bonds. The maximum absolute atomic E-state index is 12.1. The summed E-state index contributed by atoms with van der Waals surface area (Å²) >= 11 is 4.91. The normalized spacial score (nSPS) is 10.4. The topological polar surface area (TPSA) is 51.2 Å². The van der Waals surface area contributed by atoms with E-state index in [0.29, 0.717) is 12.1 Å². The van der Waals surface area contributed by atoms with Crippen LogP contribution in [0.4, 0.5) is 0 Å². The predicted molar refractivity (Wildman–Crippen MR) is 99.4 cm³/mol. The van der Waals surface area contributed by atoms with E-state index >= 15 is 0 Å². The molecular weight excluding hydrogens is 388 g/mol. The standard InChI is InChI=1S/C18H15BrN2O2S/c1-23-16-8-4-13(5-9-16)18-21-15(11-24-18)10-20-17(22)12-2-6-14(19)7-3-12/h2-9,11H,10H2,1H3,(H,20,22). The third kappa shape index (κ3) is 4.01. The number of halogens is 1. The fourth-order valence-electron chi connectivity index (χ4n) is 2.13. The van der Waals surface area contributed by atoms with E-state index in [1.54, 1.807) is 30.6 Å². The fraction of sp³-hybridized carbons (Fsp3) is 0.111. The molecule has 0 saturated carbocycles. The minimum atomic E-state index is -0.110. The summed E-state index contributed by atoms with van der Waals surface area (Å²) in [5.41, 5.74) is 2.51. The van der Waals surface area contributed by atoms with Crippen LogP contribution >= 0.6 is 27.3 Å². The van der Waals surface area contributed by atoms with Crippen LogP contribution in [0.15, 0.2) is 58.4 Å². The molecule has 0 aliphatic rings. The first-order valence-electron chi connectivity index (χ1n) is 7.28. The van der Waals surface area contributed by atoms with Gasteiger partial charge in [0.05, 0.1) is 19.3 Å². The number of rotatable bonds is 5. The number of hydrogen-bond donors (Lipinski definition) is 1. The van der Waals surface area contributed by atoms with Gasteiger partial charge in [-0.15, -0.1) is 11.3 Å². The summed E-state index contributed by atoms with van der Waals surface area (Å²) in [4.78, 5) is 16.7. The molecule has 6 heteroatoms. The van der Waals surface area contributed by atoms with Crippen LogP contribution in [0, 0.1) is 0 Å². The zero-order chi connectivity index (χ0) is 16.9. The summed E-state index contributed by atoms with van der Waals surface area (Å²) in [5, 5.41) is 5.77. The summed E-state index contributed by atoms with van der Waals surface area (Å²) in [6, 6.07) is 15.0. The Bertz CT molecular complexity index is 829. The highest BCUT2D eigenvalue weighted by atomic mass is 79.9. The fourth-order valence-corrected chi connectivity index (χ4v) is 3.22. The molecule has 0 fully saturated rings. The van der Waals surface area contributed by atoms with E-state index in [1.807, 2.05) is 41.8 Å². The van der Waals surface area contributed by atoms with Gasteiger partial charge < -0.3 is 10.1 Å². The average Bonchev–Trinajstić information content (AvgIpc) is 3.09. The molecule has 0 aliphatic carbocycles. The molecule has 4 nitrogen and oxygen atoms in total. The third-order valence-corrected chi connectivity index (χ3v) is 4.89. The number of aromatic nitrogens is 1. The van der Waals surface area contributed by atoms with Crippen LogP contribution in [-0.4, -0.2) is 18.0 Å². The first-order valence-corrected chi connectivity index (χ1v) is 8.95. The Kier molecular flexibility index (Phi) is 5.27. The molecule has 122 valence electrons. The number of hydrogen-bond acceptors (Lipinski definition) is 4. The van der Waals surface area contributed by atoms with Crippen molar-refractivity contribution >= 4 is 33.2 Å². The van der Waals surface area contributed by atoms with Crippen molar-refractivity contribution < 1.29 is 9.53 Å². The van der Waals surface area contributed by atoms with Crippen molar-refractivity contribution in [2.45, 2.75) is 6.54 Å². The first-order chi connectivity index (χ1) is 11.7. The van der Waals surface area contributed by atoms with Gasteiger partial charge in [-0.2, -0.15) is 0 Å². The van der Waals surface area contributed by atoms with Crippen molar-refractivity contribution in [3.63, 3.8) is 0 Å². The number of ether oxygens (including phenoxy) is 1. The zero-order valence-corrected chi connectivity index (χ0v) is 15.4. The van der Waals surface area contributed by atoms with Crippen LogP contribution in [0.1, 0.15) is 16.1 Å². The highest BCUT2D eigenvalue weighted by Crippen LogP contribution is 2.25.